The smallest absolute Gasteiger partial charge is 0.294 e. The lowest BCUT2D eigenvalue weighted by molar-refractivity contribution is 0.399. The second-order valence-corrected chi connectivity index (χ2v) is 7.40. The Kier molecular flexibility index (Phi) is 13.9. The minimum absolute atomic E-state index is 0.0610. The third-order valence-corrected chi connectivity index (χ3v) is 5.00. The molecule has 0 heterocycles. The van der Waals surface area contributed by atoms with E-state index < -0.39 is 10.1 Å². The summed E-state index contributed by atoms with van der Waals surface area (Å²) < 4.78 is 31.8. The van der Waals surface area contributed by atoms with Gasteiger partial charge in [0.15, 0.2) is 0 Å². The van der Waals surface area contributed by atoms with Crippen molar-refractivity contribution in [3.63, 3.8) is 0 Å². The molecule has 0 radical (unpaired) electrons. The largest absolute Gasteiger partial charge is 0.400 e. The number of unbranched alkanes of at least 4 members (excludes halogenated alkanes) is 9. The maximum absolute atomic E-state index is 11.3. The highest BCUT2D eigenvalue weighted by atomic mass is 32.2. The van der Waals surface area contributed by atoms with E-state index in [-0.39, 0.29) is 4.90 Å². The van der Waals surface area contributed by atoms with Crippen molar-refractivity contribution in [2.75, 3.05) is 7.11 Å². The van der Waals surface area contributed by atoms with Crippen LogP contribution in [0, 0.1) is 0 Å². The number of aryl methyl sites for hydroxylation is 1. The van der Waals surface area contributed by atoms with Crippen LogP contribution in [-0.4, -0.2) is 25.2 Å². The quantitative estimate of drug-likeness (QED) is 0.407. The molecule has 0 atom stereocenters. The van der Waals surface area contributed by atoms with Crippen LogP contribution in [0.2, 0.25) is 0 Å². The zero-order valence-corrected chi connectivity index (χ0v) is 16.0. The molecule has 2 N–H and O–H groups in total. The second kappa shape index (κ2) is 14.4. The van der Waals surface area contributed by atoms with E-state index in [1.165, 1.54) is 57.4 Å². The normalized spacial score (nSPS) is 11.0. The molecule has 0 aliphatic heterocycles. The maximum atomic E-state index is 11.3. The third-order valence-electron chi connectivity index (χ3n) is 4.05. The summed E-state index contributed by atoms with van der Waals surface area (Å²) in [6.07, 6.45) is 13.3. The van der Waals surface area contributed by atoms with Crippen LogP contribution >= 0.6 is 0 Å². The first-order valence-corrected chi connectivity index (χ1v) is 10.5. The molecule has 0 amide bonds. The van der Waals surface area contributed by atoms with E-state index in [9.17, 15) is 13.0 Å². The highest BCUT2D eigenvalue weighted by Gasteiger charge is 2.13. The Hall–Kier alpha value is -0.910. The van der Waals surface area contributed by atoms with Gasteiger partial charge in [0.2, 0.25) is 0 Å². The van der Waals surface area contributed by atoms with Gasteiger partial charge < -0.3 is 5.11 Å². The number of aliphatic hydroxyl groups excluding tert-OH is 1. The van der Waals surface area contributed by atoms with Crippen LogP contribution in [0.5, 0.6) is 0 Å². The fraction of sp³-hybridized carbons (Fsp3) is 0.684. The lowest BCUT2D eigenvalue weighted by Crippen LogP contribution is -2.03. The third kappa shape index (κ3) is 10.8. The van der Waals surface area contributed by atoms with E-state index in [2.05, 4.69) is 6.92 Å². The summed E-state index contributed by atoms with van der Waals surface area (Å²) in [6.45, 7) is 2.24. The second-order valence-electron chi connectivity index (χ2n) is 6.01. The standard InChI is InChI=1S/C18H30O3S.CH4O/c1-2-3-4-5-6-7-8-9-10-11-14-17-15-12-13-16-18(17)22(19,20)21;1-2/h12-13,15-16H,2-11,14H2,1H3,(H,19,20,21);2H,1H3. The Morgan fingerprint density at radius 3 is 1.75 bits per heavy atom. The molecule has 0 saturated carbocycles. The Balaban J connectivity index is 0.00000254. The summed E-state index contributed by atoms with van der Waals surface area (Å²) in [5, 5.41) is 7.00. The van der Waals surface area contributed by atoms with Crippen molar-refractivity contribution in [3.8, 4) is 0 Å². The molecule has 0 unspecified atom stereocenters. The average molecular weight is 359 g/mol. The first-order valence-electron chi connectivity index (χ1n) is 9.06. The van der Waals surface area contributed by atoms with Crippen LogP contribution in [0.1, 0.15) is 76.7 Å². The van der Waals surface area contributed by atoms with Crippen molar-refractivity contribution >= 4 is 10.1 Å². The molecule has 5 heteroatoms. The van der Waals surface area contributed by atoms with Gasteiger partial charge in [0.1, 0.15) is 0 Å². The molecule has 140 valence electrons. The average Bonchev–Trinajstić information content (AvgIpc) is 2.58. The molecule has 0 aliphatic rings. The molecule has 0 spiro atoms. The molecule has 1 aromatic rings. The van der Waals surface area contributed by atoms with Crippen LogP contribution in [0.3, 0.4) is 0 Å². The fourth-order valence-corrected chi connectivity index (χ4v) is 3.52. The highest BCUT2D eigenvalue weighted by molar-refractivity contribution is 7.85. The molecule has 0 aliphatic carbocycles. The van der Waals surface area contributed by atoms with Crippen LogP contribution in [-0.2, 0) is 16.5 Å². The first-order chi connectivity index (χ1) is 11.6. The first kappa shape index (κ1) is 23.1. The molecule has 24 heavy (non-hydrogen) atoms. The van der Waals surface area contributed by atoms with E-state index in [4.69, 9.17) is 5.11 Å². The van der Waals surface area contributed by atoms with Crippen molar-refractivity contribution in [3.05, 3.63) is 29.8 Å². The van der Waals surface area contributed by atoms with Crippen LogP contribution in [0.4, 0.5) is 0 Å². The van der Waals surface area contributed by atoms with Crippen LogP contribution < -0.4 is 0 Å². The van der Waals surface area contributed by atoms with Crippen LogP contribution in [0.15, 0.2) is 29.2 Å². The Bertz CT molecular complexity index is 512. The van der Waals surface area contributed by atoms with Gasteiger partial charge in [-0.25, -0.2) is 0 Å². The van der Waals surface area contributed by atoms with Crippen molar-refractivity contribution in [2.24, 2.45) is 0 Å². The van der Waals surface area contributed by atoms with Gasteiger partial charge in [0, 0.05) is 7.11 Å². The zero-order chi connectivity index (χ0) is 18.3. The number of hydrogen-bond acceptors (Lipinski definition) is 3. The van der Waals surface area contributed by atoms with Gasteiger partial charge in [-0.2, -0.15) is 8.42 Å². The van der Waals surface area contributed by atoms with Gasteiger partial charge in [-0.15, -0.1) is 0 Å². The molecular weight excluding hydrogens is 324 g/mol. The summed E-state index contributed by atoms with van der Waals surface area (Å²) >= 11 is 0. The molecular formula is C19H34O4S. The number of hydrogen-bond donors (Lipinski definition) is 2. The van der Waals surface area contributed by atoms with Gasteiger partial charge in [-0.05, 0) is 24.5 Å². The number of aliphatic hydroxyl groups is 1. The minimum Gasteiger partial charge on any atom is -0.400 e. The Morgan fingerprint density at radius 2 is 1.25 bits per heavy atom. The van der Waals surface area contributed by atoms with Gasteiger partial charge in [-0.1, -0.05) is 82.9 Å². The van der Waals surface area contributed by atoms with Crippen molar-refractivity contribution in [1.82, 2.24) is 0 Å². The molecule has 0 saturated heterocycles. The molecule has 0 aromatic heterocycles. The molecule has 4 nitrogen and oxygen atoms in total. The SMILES string of the molecule is CCCCCCCCCCCCc1ccccc1S(=O)(=O)O.CO. The van der Waals surface area contributed by atoms with Gasteiger partial charge in [0.05, 0.1) is 4.90 Å². The monoisotopic (exact) mass is 358 g/mol. The summed E-state index contributed by atoms with van der Waals surface area (Å²) in [6, 6.07) is 6.73. The highest BCUT2D eigenvalue weighted by Crippen LogP contribution is 2.18. The lowest BCUT2D eigenvalue weighted by Gasteiger charge is -2.07. The molecule has 0 fully saturated rings. The van der Waals surface area contributed by atoms with Gasteiger partial charge >= 0.3 is 0 Å². The summed E-state index contributed by atoms with van der Waals surface area (Å²) in [5.74, 6) is 0. The summed E-state index contributed by atoms with van der Waals surface area (Å²) in [4.78, 5) is 0.0610. The Morgan fingerprint density at radius 1 is 0.792 bits per heavy atom. The molecule has 0 bridgehead atoms. The summed E-state index contributed by atoms with van der Waals surface area (Å²) in [5.41, 5.74) is 0.726. The predicted octanol–water partition coefficient (Wildman–Crippen LogP) is 5.01. The van der Waals surface area contributed by atoms with Gasteiger partial charge in [0.25, 0.3) is 10.1 Å². The van der Waals surface area contributed by atoms with E-state index in [0.29, 0.717) is 6.42 Å². The van der Waals surface area contributed by atoms with E-state index in [0.717, 1.165) is 25.5 Å². The van der Waals surface area contributed by atoms with Crippen LogP contribution in [0.25, 0.3) is 0 Å². The number of benzene rings is 1. The molecule has 1 aromatic carbocycles. The number of rotatable bonds is 12. The van der Waals surface area contributed by atoms with E-state index in [1.807, 2.05) is 6.07 Å². The summed E-state index contributed by atoms with van der Waals surface area (Å²) in [7, 11) is -3.10. The fourth-order valence-electron chi connectivity index (χ4n) is 2.76. The Labute approximate surface area is 148 Å². The maximum Gasteiger partial charge on any atom is 0.294 e. The minimum atomic E-state index is -4.10. The van der Waals surface area contributed by atoms with Gasteiger partial charge in [-0.3, -0.25) is 4.55 Å². The van der Waals surface area contributed by atoms with Crippen molar-refractivity contribution in [1.29, 1.82) is 0 Å². The van der Waals surface area contributed by atoms with E-state index >= 15 is 0 Å². The van der Waals surface area contributed by atoms with Crippen molar-refractivity contribution in [2.45, 2.75) is 82.4 Å². The van der Waals surface area contributed by atoms with E-state index in [1.54, 1.807) is 12.1 Å². The predicted molar refractivity (Wildman–Crippen MR) is 99.9 cm³/mol. The lowest BCUT2D eigenvalue weighted by atomic mass is 10.0. The zero-order valence-electron chi connectivity index (χ0n) is 15.2. The van der Waals surface area contributed by atoms with Crippen molar-refractivity contribution < 1.29 is 18.1 Å². The topological polar surface area (TPSA) is 74.6 Å². The molecule has 1 rings (SSSR count).